The topological polar surface area (TPSA) is 101 Å². The van der Waals surface area contributed by atoms with Gasteiger partial charge >= 0.3 is 11.9 Å². The molecule has 0 heterocycles. The van der Waals surface area contributed by atoms with Crippen molar-refractivity contribution in [3.05, 3.63) is 35.9 Å². The zero-order valence-electron chi connectivity index (χ0n) is 9.67. The van der Waals surface area contributed by atoms with Crippen molar-refractivity contribution in [2.75, 3.05) is 0 Å². The molecule has 0 aliphatic rings. The van der Waals surface area contributed by atoms with Crippen molar-refractivity contribution in [3.63, 3.8) is 0 Å². The highest BCUT2D eigenvalue weighted by Gasteiger charge is 2.00. The average molecular weight is 239 g/mol. The lowest BCUT2D eigenvalue weighted by Crippen LogP contribution is -2.03. The summed E-state index contributed by atoms with van der Waals surface area (Å²) in [7, 11) is 0. The molecule has 0 radical (unpaired) electrons. The minimum atomic E-state index is -1.08. The highest BCUT2D eigenvalue weighted by molar-refractivity contribution is 5.75. The van der Waals surface area contributed by atoms with Crippen LogP contribution in [-0.4, -0.2) is 22.2 Å². The fraction of sp³-hybridized carbons (Fsp3) is 0.333. The molecule has 1 rings (SSSR count). The van der Waals surface area contributed by atoms with Gasteiger partial charge in [0.1, 0.15) is 0 Å². The van der Waals surface area contributed by atoms with Crippen molar-refractivity contribution in [2.45, 2.75) is 25.8 Å². The Morgan fingerprint density at radius 2 is 1.53 bits per heavy atom. The molecule has 1 atom stereocenters. The Morgan fingerprint density at radius 3 is 1.76 bits per heavy atom. The van der Waals surface area contributed by atoms with Gasteiger partial charge in [0, 0.05) is 6.04 Å². The SMILES string of the molecule is CC(N)c1ccccc1.O=C(O)CCC(=O)O. The fourth-order valence-electron chi connectivity index (χ4n) is 0.970. The Bertz CT molecular complexity index is 335. The van der Waals surface area contributed by atoms with E-state index in [0.717, 1.165) is 0 Å². The third-order valence-electron chi connectivity index (χ3n) is 1.88. The molecule has 0 fully saturated rings. The molecule has 0 aliphatic carbocycles. The van der Waals surface area contributed by atoms with Crippen LogP contribution < -0.4 is 5.73 Å². The van der Waals surface area contributed by atoms with E-state index in [2.05, 4.69) is 0 Å². The van der Waals surface area contributed by atoms with Crippen LogP contribution in [0.15, 0.2) is 30.3 Å². The van der Waals surface area contributed by atoms with Crippen molar-refractivity contribution in [1.82, 2.24) is 0 Å². The third-order valence-corrected chi connectivity index (χ3v) is 1.88. The first kappa shape index (κ1) is 15.1. The molecule has 4 N–H and O–H groups in total. The van der Waals surface area contributed by atoms with Gasteiger partial charge in [0.15, 0.2) is 0 Å². The van der Waals surface area contributed by atoms with Crippen molar-refractivity contribution < 1.29 is 19.8 Å². The van der Waals surface area contributed by atoms with Gasteiger partial charge < -0.3 is 15.9 Å². The van der Waals surface area contributed by atoms with Crippen LogP contribution >= 0.6 is 0 Å². The zero-order valence-corrected chi connectivity index (χ0v) is 9.67. The van der Waals surface area contributed by atoms with Gasteiger partial charge in [0.2, 0.25) is 0 Å². The largest absolute Gasteiger partial charge is 0.481 e. The summed E-state index contributed by atoms with van der Waals surface area (Å²) < 4.78 is 0. The maximum Gasteiger partial charge on any atom is 0.303 e. The predicted octanol–water partition coefficient (Wildman–Crippen LogP) is 1.64. The molecule has 1 aromatic rings. The number of aliphatic carboxylic acids is 2. The Hall–Kier alpha value is -1.88. The molecule has 1 aromatic carbocycles. The molecule has 1 unspecified atom stereocenters. The predicted molar refractivity (Wildman–Crippen MR) is 63.6 cm³/mol. The molecule has 0 saturated carbocycles. The minimum absolute atomic E-state index is 0.159. The van der Waals surface area contributed by atoms with Gasteiger partial charge in [-0.25, -0.2) is 0 Å². The van der Waals surface area contributed by atoms with Gasteiger partial charge in [-0.15, -0.1) is 0 Å². The van der Waals surface area contributed by atoms with E-state index in [1.165, 1.54) is 5.56 Å². The first-order chi connectivity index (χ1) is 7.93. The lowest BCUT2D eigenvalue weighted by molar-refractivity contribution is -0.143. The van der Waals surface area contributed by atoms with Crippen LogP contribution in [0.2, 0.25) is 0 Å². The van der Waals surface area contributed by atoms with Gasteiger partial charge in [-0.2, -0.15) is 0 Å². The zero-order chi connectivity index (χ0) is 13.3. The number of nitrogens with two attached hydrogens (primary N) is 1. The van der Waals surface area contributed by atoms with E-state index in [9.17, 15) is 9.59 Å². The number of carbonyl (C=O) groups is 2. The second kappa shape index (κ2) is 8.29. The molecule has 0 aromatic heterocycles. The number of rotatable bonds is 4. The van der Waals surface area contributed by atoms with E-state index in [-0.39, 0.29) is 18.9 Å². The molecular formula is C12H17NO4. The first-order valence-electron chi connectivity index (χ1n) is 5.17. The maximum atomic E-state index is 9.64. The van der Waals surface area contributed by atoms with Crippen LogP contribution in [0.3, 0.4) is 0 Å². The molecule has 5 nitrogen and oxygen atoms in total. The second-order valence-electron chi connectivity index (χ2n) is 3.49. The molecule has 0 saturated heterocycles. The number of hydrogen-bond acceptors (Lipinski definition) is 3. The Kier molecular flexibility index (Phi) is 7.38. The van der Waals surface area contributed by atoms with Crippen LogP contribution in [0, 0.1) is 0 Å². The lowest BCUT2D eigenvalue weighted by Gasteiger charge is -2.02. The van der Waals surface area contributed by atoms with E-state index < -0.39 is 11.9 Å². The minimum Gasteiger partial charge on any atom is -0.481 e. The van der Waals surface area contributed by atoms with Gasteiger partial charge in [-0.1, -0.05) is 30.3 Å². The van der Waals surface area contributed by atoms with E-state index in [4.69, 9.17) is 15.9 Å². The first-order valence-corrected chi connectivity index (χ1v) is 5.17. The van der Waals surface area contributed by atoms with Crippen molar-refractivity contribution in [3.8, 4) is 0 Å². The summed E-state index contributed by atoms with van der Waals surface area (Å²) in [6.45, 7) is 1.98. The maximum absolute atomic E-state index is 9.64. The summed E-state index contributed by atoms with van der Waals surface area (Å²) in [5, 5.41) is 15.8. The van der Waals surface area contributed by atoms with Gasteiger partial charge in [-0.05, 0) is 12.5 Å². The number of carboxylic acids is 2. The molecule has 17 heavy (non-hydrogen) atoms. The number of carboxylic acid groups (broad SMARTS) is 2. The molecule has 0 aliphatic heterocycles. The van der Waals surface area contributed by atoms with Crippen LogP contribution in [-0.2, 0) is 9.59 Å². The van der Waals surface area contributed by atoms with Gasteiger partial charge in [0.05, 0.1) is 12.8 Å². The summed E-state index contributed by atoms with van der Waals surface area (Å²) in [5.74, 6) is -2.15. The fourth-order valence-corrected chi connectivity index (χ4v) is 0.970. The Morgan fingerprint density at radius 1 is 1.12 bits per heavy atom. The van der Waals surface area contributed by atoms with Crippen molar-refractivity contribution in [1.29, 1.82) is 0 Å². The molecular weight excluding hydrogens is 222 g/mol. The monoisotopic (exact) mass is 239 g/mol. The van der Waals surface area contributed by atoms with E-state index in [1.807, 2.05) is 37.3 Å². The molecule has 0 bridgehead atoms. The Balaban J connectivity index is 0.000000304. The third kappa shape index (κ3) is 9.07. The van der Waals surface area contributed by atoms with E-state index in [0.29, 0.717) is 0 Å². The summed E-state index contributed by atoms with van der Waals surface area (Å²) in [6.07, 6.45) is -0.593. The quantitative estimate of drug-likeness (QED) is 0.741. The van der Waals surface area contributed by atoms with Crippen molar-refractivity contribution >= 4 is 11.9 Å². The van der Waals surface area contributed by atoms with Crippen LogP contribution in [0.25, 0.3) is 0 Å². The highest BCUT2D eigenvalue weighted by Crippen LogP contribution is 2.06. The standard InChI is InChI=1S/C8H11N.C4H6O4/c1-7(9)8-5-3-2-4-6-8;5-3(6)1-2-4(7)8/h2-7H,9H2,1H3;1-2H2,(H,5,6)(H,7,8). The number of benzene rings is 1. The summed E-state index contributed by atoms with van der Waals surface area (Å²) >= 11 is 0. The smallest absolute Gasteiger partial charge is 0.303 e. The molecule has 94 valence electrons. The average Bonchev–Trinajstić information content (AvgIpc) is 2.28. The summed E-state index contributed by atoms with van der Waals surface area (Å²) in [4.78, 5) is 19.3. The highest BCUT2D eigenvalue weighted by atomic mass is 16.4. The van der Waals surface area contributed by atoms with Crippen LogP contribution in [0.4, 0.5) is 0 Å². The summed E-state index contributed by atoms with van der Waals surface area (Å²) in [6, 6.07) is 10.2. The summed E-state index contributed by atoms with van der Waals surface area (Å²) in [5.41, 5.74) is 6.81. The van der Waals surface area contributed by atoms with Crippen LogP contribution in [0.5, 0.6) is 0 Å². The lowest BCUT2D eigenvalue weighted by atomic mass is 10.1. The van der Waals surface area contributed by atoms with Gasteiger partial charge in [-0.3, -0.25) is 9.59 Å². The molecule has 0 amide bonds. The van der Waals surface area contributed by atoms with Crippen molar-refractivity contribution in [2.24, 2.45) is 5.73 Å². The number of hydrogen-bond donors (Lipinski definition) is 3. The second-order valence-corrected chi connectivity index (χ2v) is 3.49. The van der Waals surface area contributed by atoms with E-state index in [1.54, 1.807) is 0 Å². The van der Waals surface area contributed by atoms with Crippen LogP contribution in [0.1, 0.15) is 31.4 Å². The normalized spacial score (nSPS) is 10.9. The Labute approximate surface area is 99.9 Å². The van der Waals surface area contributed by atoms with E-state index >= 15 is 0 Å². The molecule has 0 spiro atoms. The molecule has 5 heteroatoms. The van der Waals surface area contributed by atoms with Gasteiger partial charge in [0.25, 0.3) is 0 Å².